The van der Waals surface area contributed by atoms with Gasteiger partial charge >= 0.3 is 11.9 Å². The number of carboxylic acid groups (broad SMARTS) is 2. The fourth-order valence-electron chi connectivity index (χ4n) is 2.55. The van der Waals surface area contributed by atoms with E-state index in [2.05, 4.69) is 16.0 Å². The van der Waals surface area contributed by atoms with Gasteiger partial charge < -0.3 is 42.1 Å². The van der Waals surface area contributed by atoms with Crippen LogP contribution in [0.15, 0.2) is 0 Å². The van der Waals surface area contributed by atoms with Gasteiger partial charge in [0.25, 0.3) is 0 Å². The van der Waals surface area contributed by atoms with Gasteiger partial charge in [0.05, 0.1) is 24.7 Å². The highest BCUT2D eigenvalue weighted by molar-refractivity contribution is 5.95. The first-order valence-corrected chi connectivity index (χ1v) is 9.64. The zero-order chi connectivity index (χ0) is 24.5. The summed E-state index contributed by atoms with van der Waals surface area (Å²) in [5.41, 5.74) is 5.44. The highest BCUT2D eigenvalue weighted by atomic mass is 16.4. The molecule has 6 unspecified atom stereocenters. The quantitative estimate of drug-likeness (QED) is 0.144. The molecule has 0 aromatic heterocycles. The Balaban J connectivity index is 5.44. The molecule has 9 N–H and O–H groups in total. The molecule has 0 aliphatic carbocycles. The van der Waals surface area contributed by atoms with Crippen LogP contribution in [0.1, 0.15) is 40.5 Å². The number of amides is 3. The molecule has 178 valence electrons. The molecule has 0 rings (SSSR count). The van der Waals surface area contributed by atoms with Crippen molar-refractivity contribution in [3.63, 3.8) is 0 Å². The summed E-state index contributed by atoms with van der Waals surface area (Å²) < 4.78 is 0. The van der Waals surface area contributed by atoms with Crippen molar-refractivity contribution in [2.24, 2.45) is 11.7 Å². The van der Waals surface area contributed by atoms with Gasteiger partial charge in [0, 0.05) is 0 Å². The zero-order valence-electron chi connectivity index (χ0n) is 17.9. The number of nitrogens with two attached hydrogens (primary N) is 1. The number of aliphatic carboxylic acids is 2. The average molecular weight is 448 g/mol. The van der Waals surface area contributed by atoms with Crippen LogP contribution in [0.25, 0.3) is 0 Å². The van der Waals surface area contributed by atoms with Crippen molar-refractivity contribution < 1.29 is 44.4 Å². The molecule has 0 saturated carbocycles. The van der Waals surface area contributed by atoms with Gasteiger partial charge in [-0.25, -0.2) is 4.79 Å². The summed E-state index contributed by atoms with van der Waals surface area (Å²) in [6.45, 7) is 5.86. The molecule has 0 saturated heterocycles. The number of carboxylic acids is 2. The Morgan fingerprint density at radius 2 is 1.26 bits per heavy atom. The van der Waals surface area contributed by atoms with E-state index in [-0.39, 0.29) is 12.3 Å². The number of hydrogen-bond acceptors (Lipinski definition) is 8. The molecule has 0 heterocycles. The third-order valence-electron chi connectivity index (χ3n) is 4.18. The lowest BCUT2D eigenvalue weighted by molar-refractivity contribution is -0.145. The van der Waals surface area contributed by atoms with Crippen LogP contribution in [-0.2, 0) is 24.0 Å². The molecular formula is C18H32N4O9. The standard InChI is InChI=1S/C18H32N4O9/c1-7(2)5-11(16(28)22-14(9(4)24)18(30)31)20-17(29)13(8(3)23)21-15(27)10(19)6-12(25)26/h7-11,13-14,23-24H,5-6,19H2,1-4H3,(H,20,29)(H,21,27)(H,22,28)(H,25,26)(H,30,31). The van der Waals surface area contributed by atoms with Crippen molar-refractivity contribution >= 4 is 29.7 Å². The highest BCUT2D eigenvalue weighted by Gasteiger charge is 2.33. The monoisotopic (exact) mass is 448 g/mol. The van der Waals surface area contributed by atoms with Gasteiger partial charge in [0.1, 0.15) is 12.1 Å². The minimum atomic E-state index is -1.61. The van der Waals surface area contributed by atoms with Gasteiger partial charge in [-0.3, -0.25) is 19.2 Å². The normalized spacial score (nSPS) is 16.9. The molecule has 13 heteroatoms. The average Bonchev–Trinajstić information content (AvgIpc) is 2.60. The zero-order valence-corrected chi connectivity index (χ0v) is 17.9. The number of carbonyl (C=O) groups is 5. The summed E-state index contributed by atoms with van der Waals surface area (Å²) in [5, 5.41) is 43.9. The summed E-state index contributed by atoms with van der Waals surface area (Å²) in [7, 11) is 0. The van der Waals surface area contributed by atoms with Crippen LogP contribution in [-0.4, -0.2) is 86.5 Å². The predicted octanol–water partition coefficient (Wildman–Crippen LogP) is -2.86. The first-order valence-electron chi connectivity index (χ1n) is 9.64. The highest BCUT2D eigenvalue weighted by Crippen LogP contribution is 2.08. The minimum Gasteiger partial charge on any atom is -0.481 e. The molecule has 0 aliphatic heterocycles. The van der Waals surface area contributed by atoms with E-state index in [1.807, 2.05) is 0 Å². The lowest BCUT2D eigenvalue weighted by Gasteiger charge is -2.27. The van der Waals surface area contributed by atoms with E-state index < -0.39 is 72.5 Å². The van der Waals surface area contributed by atoms with Crippen molar-refractivity contribution in [2.45, 2.75) is 76.9 Å². The summed E-state index contributed by atoms with van der Waals surface area (Å²) in [5.74, 6) is -5.76. The van der Waals surface area contributed by atoms with Crippen molar-refractivity contribution in [1.82, 2.24) is 16.0 Å². The van der Waals surface area contributed by atoms with E-state index >= 15 is 0 Å². The SMILES string of the molecule is CC(C)CC(NC(=O)C(NC(=O)C(N)CC(=O)O)C(C)O)C(=O)NC(C(=O)O)C(C)O. The molecule has 0 aromatic carbocycles. The summed E-state index contributed by atoms with van der Waals surface area (Å²) >= 11 is 0. The molecular weight excluding hydrogens is 416 g/mol. The van der Waals surface area contributed by atoms with Crippen molar-refractivity contribution in [3.05, 3.63) is 0 Å². The van der Waals surface area contributed by atoms with Crippen LogP contribution in [0.3, 0.4) is 0 Å². The first-order chi connectivity index (χ1) is 14.2. The van der Waals surface area contributed by atoms with Crippen LogP contribution in [0.5, 0.6) is 0 Å². The largest absolute Gasteiger partial charge is 0.481 e. The summed E-state index contributed by atoms with van der Waals surface area (Å²) in [6, 6.07) is -5.87. The summed E-state index contributed by atoms with van der Waals surface area (Å²) in [4.78, 5) is 59.1. The van der Waals surface area contributed by atoms with Crippen LogP contribution in [0, 0.1) is 5.92 Å². The van der Waals surface area contributed by atoms with Crippen molar-refractivity contribution in [3.8, 4) is 0 Å². The van der Waals surface area contributed by atoms with Gasteiger partial charge in [-0.05, 0) is 26.2 Å². The fourth-order valence-corrected chi connectivity index (χ4v) is 2.55. The fraction of sp³-hybridized carbons (Fsp3) is 0.722. The molecule has 0 radical (unpaired) electrons. The summed E-state index contributed by atoms with van der Waals surface area (Å²) in [6.07, 6.45) is -3.44. The second-order valence-corrected chi connectivity index (χ2v) is 7.69. The van der Waals surface area contributed by atoms with Gasteiger partial charge in [0.15, 0.2) is 6.04 Å². The molecule has 6 atom stereocenters. The Hall–Kier alpha value is -2.77. The molecule has 0 aromatic rings. The van der Waals surface area contributed by atoms with E-state index in [4.69, 9.17) is 15.9 Å². The van der Waals surface area contributed by atoms with Crippen LogP contribution in [0.4, 0.5) is 0 Å². The van der Waals surface area contributed by atoms with Crippen molar-refractivity contribution in [2.75, 3.05) is 0 Å². The van der Waals surface area contributed by atoms with Gasteiger partial charge in [-0.15, -0.1) is 0 Å². The van der Waals surface area contributed by atoms with Gasteiger partial charge in [-0.2, -0.15) is 0 Å². The maximum atomic E-state index is 12.6. The Labute approximate surface area is 179 Å². The lowest BCUT2D eigenvalue weighted by atomic mass is 10.0. The second kappa shape index (κ2) is 12.8. The van der Waals surface area contributed by atoms with E-state index in [1.54, 1.807) is 13.8 Å². The van der Waals surface area contributed by atoms with Gasteiger partial charge in [-0.1, -0.05) is 13.8 Å². The maximum Gasteiger partial charge on any atom is 0.328 e. The number of hydrogen-bond donors (Lipinski definition) is 8. The van der Waals surface area contributed by atoms with E-state index in [1.165, 1.54) is 13.8 Å². The molecule has 13 nitrogen and oxygen atoms in total. The van der Waals surface area contributed by atoms with Crippen LogP contribution < -0.4 is 21.7 Å². The molecule has 0 spiro atoms. The maximum absolute atomic E-state index is 12.6. The molecule has 0 fully saturated rings. The molecule has 31 heavy (non-hydrogen) atoms. The number of aliphatic hydroxyl groups excluding tert-OH is 2. The van der Waals surface area contributed by atoms with Crippen LogP contribution in [0.2, 0.25) is 0 Å². The Morgan fingerprint density at radius 3 is 1.65 bits per heavy atom. The molecule has 0 aliphatic rings. The van der Waals surface area contributed by atoms with E-state index in [0.29, 0.717) is 0 Å². The number of carbonyl (C=O) groups excluding carboxylic acids is 3. The Kier molecular flexibility index (Phi) is 11.7. The topological polar surface area (TPSA) is 228 Å². The second-order valence-electron chi connectivity index (χ2n) is 7.69. The van der Waals surface area contributed by atoms with E-state index in [0.717, 1.165) is 0 Å². The van der Waals surface area contributed by atoms with E-state index in [9.17, 15) is 34.2 Å². The predicted molar refractivity (Wildman–Crippen MR) is 106 cm³/mol. The van der Waals surface area contributed by atoms with Crippen LogP contribution >= 0.6 is 0 Å². The number of aliphatic hydroxyl groups is 2. The Morgan fingerprint density at radius 1 is 0.774 bits per heavy atom. The lowest BCUT2D eigenvalue weighted by Crippen LogP contribution is -2.60. The number of nitrogens with one attached hydrogen (secondary N) is 3. The third kappa shape index (κ3) is 10.2. The third-order valence-corrected chi connectivity index (χ3v) is 4.18. The first kappa shape index (κ1) is 28.2. The number of rotatable bonds is 13. The molecule has 0 bridgehead atoms. The van der Waals surface area contributed by atoms with Crippen molar-refractivity contribution in [1.29, 1.82) is 0 Å². The Bertz CT molecular complexity index is 666. The molecule has 3 amide bonds. The minimum absolute atomic E-state index is 0.0860. The smallest absolute Gasteiger partial charge is 0.328 e. The van der Waals surface area contributed by atoms with Gasteiger partial charge in [0.2, 0.25) is 17.7 Å².